The second kappa shape index (κ2) is 8.90. The van der Waals surface area contributed by atoms with Gasteiger partial charge in [0.1, 0.15) is 23.5 Å². The molecule has 7 heteroatoms. The molecule has 0 aliphatic carbocycles. The molecule has 0 bridgehead atoms. The molecule has 4 aromatic rings. The summed E-state index contributed by atoms with van der Waals surface area (Å²) in [7, 11) is 0. The largest absolute Gasteiger partial charge is 0.455 e. The summed E-state index contributed by atoms with van der Waals surface area (Å²) in [5, 5.41) is 26.3. The average Bonchev–Trinajstić information content (AvgIpc) is 3.26. The highest BCUT2D eigenvalue weighted by Crippen LogP contribution is 2.39. The van der Waals surface area contributed by atoms with Gasteiger partial charge in [0, 0.05) is 28.8 Å². The van der Waals surface area contributed by atoms with Crippen LogP contribution in [0.15, 0.2) is 77.3 Å². The highest BCUT2D eigenvalue weighted by Gasteiger charge is 2.31. The Bertz CT molecular complexity index is 1600. The van der Waals surface area contributed by atoms with Gasteiger partial charge >= 0.3 is 0 Å². The Morgan fingerprint density at radius 1 is 1.00 bits per heavy atom. The van der Waals surface area contributed by atoms with Gasteiger partial charge in [-0.2, -0.15) is 10.5 Å². The third-order valence-electron chi connectivity index (χ3n) is 5.95. The first-order valence-corrected chi connectivity index (χ1v) is 11.3. The molecule has 0 unspecified atom stereocenters. The predicted molar refractivity (Wildman–Crippen MR) is 136 cm³/mol. The molecule has 1 aliphatic heterocycles. The normalized spacial score (nSPS) is 14.9. The first-order chi connectivity index (χ1) is 17.0. The van der Waals surface area contributed by atoms with E-state index in [2.05, 4.69) is 10.6 Å². The highest BCUT2D eigenvalue weighted by molar-refractivity contribution is 7.80. The summed E-state index contributed by atoms with van der Waals surface area (Å²) in [5.74, 6) is 0.106. The van der Waals surface area contributed by atoms with Gasteiger partial charge in [-0.25, -0.2) is 0 Å². The van der Waals surface area contributed by atoms with Crippen molar-refractivity contribution in [2.75, 3.05) is 0 Å². The number of furan rings is 1. The van der Waals surface area contributed by atoms with E-state index in [0.29, 0.717) is 38.5 Å². The van der Waals surface area contributed by atoms with Crippen molar-refractivity contribution in [3.63, 3.8) is 0 Å². The molecule has 2 heterocycles. The minimum Gasteiger partial charge on any atom is -0.455 e. The van der Waals surface area contributed by atoms with E-state index < -0.39 is 0 Å². The van der Waals surface area contributed by atoms with E-state index in [1.165, 1.54) is 6.07 Å². The van der Waals surface area contributed by atoms with Gasteiger partial charge in [0.05, 0.1) is 22.7 Å². The van der Waals surface area contributed by atoms with Crippen LogP contribution in [0.5, 0.6) is 0 Å². The molecule has 5 rings (SSSR count). The molecular weight excluding hydrogens is 456 g/mol. The summed E-state index contributed by atoms with van der Waals surface area (Å²) in [6, 6.07) is 23.8. The Morgan fingerprint density at radius 3 is 2.37 bits per heavy atom. The smallest absolute Gasteiger partial charge is 0.197 e. The summed E-state index contributed by atoms with van der Waals surface area (Å²) >= 11 is 5.35. The summed E-state index contributed by atoms with van der Waals surface area (Å²) in [4.78, 5) is 13.9. The maximum atomic E-state index is 13.9. The van der Waals surface area contributed by atoms with Gasteiger partial charge in [-0.3, -0.25) is 4.79 Å². The van der Waals surface area contributed by atoms with E-state index in [1.54, 1.807) is 24.4 Å². The fourth-order valence-corrected chi connectivity index (χ4v) is 4.36. The molecule has 1 aromatic heterocycles. The Balaban J connectivity index is 1.78. The quantitative estimate of drug-likeness (QED) is 0.307. The van der Waals surface area contributed by atoms with Crippen molar-refractivity contribution < 1.29 is 9.21 Å². The van der Waals surface area contributed by atoms with Crippen LogP contribution in [0.25, 0.3) is 16.5 Å². The third-order valence-corrected chi connectivity index (χ3v) is 6.19. The number of benzene rings is 3. The Labute approximate surface area is 207 Å². The predicted octanol–water partition coefficient (Wildman–Crippen LogP) is 5.28. The number of aryl methyl sites for hydroxylation is 1. The topological polar surface area (TPSA) is 102 Å². The first kappa shape index (κ1) is 22.1. The van der Waals surface area contributed by atoms with Gasteiger partial charge in [-0.15, -0.1) is 0 Å². The number of nitriles is 2. The molecule has 168 valence electrons. The van der Waals surface area contributed by atoms with Crippen molar-refractivity contribution in [2.45, 2.75) is 13.0 Å². The number of hydrogen-bond acceptors (Lipinski definition) is 5. The van der Waals surface area contributed by atoms with E-state index in [1.807, 2.05) is 61.5 Å². The lowest BCUT2D eigenvalue weighted by molar-refractivity contribution is 0.103. The van der Waals surface area contributed by atoms with Crippen LogP contribution in [-0.4, -0.2) is 10.9 Å². The maximum absolute atomic E-state index is 13.9. The van der Waals surface area contributed by atoms with E-state index >= 15 is 0 Å². The lowest BCUT2D eigenvalue weighted by Crippen LogP contribution is -2.40. The molecule has 0 amide bonds. The number of carbonyl (C=O) groups excluding carboxylic acids is 1. The summed E-state index contributed by atoms with van der Waals surface area (Å²) < 4.78 is 6.26. The molecular formula is C28H18N4O2S. The maximum Gasteiger partial charge on any atom is 0.197 e. The van der Waals surface area contributed by atoms with Crippen molar-refractivity contribution in [2.24, 2.45) is 0 Å². The lowest BCUT2D eigenvalue weighted by Gasteiger charge is -2.27. The van der Waals surface area contributed by atoms with E-state index in [4.69, 9.17) is 16.6 Å². The van der Waals surface area contributed by atoms with Crippen molar-refractivity contribution in [1.82, 2.24) is 10.6 Å². The number of carbonyl (C=O) groups is 1. The second-order valence-electron chi connectivity index (χ2n) is 8.18. The van der Waals surface area contributed by atoms with E-state index in [0.717, 1.165) is 11.1 Å². The number of fused-ring (bicyclic) bond motifs is 1. The molecule has 2 N–H and O–H groups in total. The minimum absolute atomic E-state index is 0.181. The van der Waals surface area contributed by atoms with Gasteiger partial charge in [0.2, 0.25) is 0 Å². The summed E-state index contributed by atoms with van der Waals surface area (Å²) in [6.07, 6.45) is 1.73. The van der Waals surface area contributed by atoms with Gasteiger partial charge in [0.25, 0.3) is 0 Å². The van der Waals surface area contributed by atoms with Gasteiger partial charge < -0.3 is 15.1 Å². The molecule has 0 spiro atoms. The Hall–Kier alpha value is -4.72. The van der Waals surface area contributed by atoms with Crippen LogP contribution in [0.3, 0.4) is 0 Å². The molecule has 0 fully saturated rings. The van der Waals surface area contributed by atoms with Gasteiger partial charge in [0.15, 0.2) is 10.9 Å². The first-order valence-electron chi connectivity index (χ1n) is 10.8. The zero-order valence-corrected chi connectivity index (χ0v) is 19.4. The van der Waals surface area contributed by atoms with Crippen molar-refractivity contribution in [3.05, 3.63) is 112 Å². The van der Waals surface area contributed by atoms with Crippen molar-refractivity contribution in [1.29, 1.82) is 10.5 Å². The number of nitrogens with one attached hydrogen (secondary N) is 2. The number of nitrogens with zero attached hydrogens (tertiary/aromatic N) is 2. The molecule has 6 nitrogen and oxygen atoms in total. The fourth-order valence-electron chi connectivity index (χ4n) is 4.19. The second-order valence-corrected chi connectivity index (χ2v) is 8.59. The number of rotatable bonds is 4. The molecule has 3 aromatic carbocycles. The zero-order valence-electron chi connectivity index (χ0n) is 18.6. The molecule has 35 heavy (non-hydrogen) atoms. The fraction of sp³-hybridized carbons (Fsp3) is 0.0714. The van der Waals surface area contributed by atoms with Crippen LogP contribution in [0.2, 0.25) is 0 Å². The zero-order chi connectivity index (χ0) is 24.5. The SMILES string of the molecule is Cc1ccc(C(=O)c2c(C3=CNC(=S)N[C@@H]3c3ccccc3)oc3cc(C#N)c(C#N)cc23)cc1. The van der Waals surface area contributed by atoms with Crippen molar-refractivity contribution in [3.8, 4) is 12.1 Å². The van der Waals surface area contributed by atoms with E-state index in [-0.39, 0.29) is 23.0 Å². The molecule has 0 saturated heterocycles. The standard InChI is InChI=1S/C28H18N4O2S/c1-16-7-9-18(10-8-16)26(33)24-21-11-19(13-29)20(14-30)12-23(21)34-27(24)22-15-31-28(35)32-25(22)17-5-3-2-4-6-17/h2-12,15,25H,1H3,(H2,31,32,35)/t25-/m1/s1. The number of hydrogen-bond donors (Lipinski definition) is 2. The molecule has 0 saturated carbocycles. The molecule has 0 radical (unpaired) electrons. The lowest BCUT2D eigenvalue weighted by atomic mass is 9.90. The Morgan fingerprint density at radius 2 is 1.69 bits per heavy atom. The summed E-state index contributed by atoms with van der Waals surface area (Å²) in [6.45, 7) is 1.95. The van der Waals surface area contributed by atoms with E-state index in [9.17, 15) is 15.3 Å². The monoisotopic (exact) mass is 474 g/mol. The molecule has 1 atom stereocenters. The summed E-state index contributed by atoms with van der Waals surface area (Å²) in [5.41, 5.74) is 4.18. The molecule has 1 aliphatic rings. The third kappa shape index (κ3) is 3.95. The van der Waals surface area contributed by atoms with Gasteiger partial charge in [-0.1, -0.05) is 60.2 Å². The van der Waals surface area contributed by atoms with Gasteiger partial charge in [-0.05, 0) is 30.8 Å². The van der Waals surface area contributed by atoms with Crippen LogP contribution < -0.4 is 10.6 Å². The van der Waals surface area contributed by atoms with Crippen LogP contribution >= 0.6 is 12.2 Å². The van der Waals surface area contributed by atoms with Crippen LogP contribution in [0.1, 0.15) is 50.0 Å². The number of thiocarbonyl (C=S) groups is 1. The minimum atomic E-state index is -0.374. The van der Waals surface area contributed by atoms with Crippen LogP contribution in [-0.2, 0) is 0 Å². The number of ketones is 1. The highest BCUT2D eigenvalue weighted by atomic mass is 32.1. The van der Waals surface area contributed by atoms with Crippen molar-refractivity contribution >= 4 is 39.7 Å². The average molecular weight is 475 g/mol. The van der Waals surface area contributed by atoms with Crippen LogP contribution in [0.4, 0.5) is 0 Å². The van der Waals surface area contributed by atoms with Crippen LogP contribution in [0, 0.1) is 29.6 Å². The Kier molecular flexibility index (Phi) is 5.62.